The van der Waals surface area contributed by atoms with Gasteiger partial charge in [0, 0.05) is 25.4 Å². The number of amides is 1. The number of likely N-dealkylation sites (tertiary alicyclic amines) is 1. The number of nitrogens with zero attached hydrogens (tertiary/aromatic N) is 2. The summed E-state index contributed by atoms with van der Waals surface area (Å²) in [5, 5.41) is 4.25. The molecule has 3 heterocycles. The molecule has 3 aromatic rings. The number of alkyl halides is 3. The Morgan fingerprint density at radius 3 is 2.38 bits per heavy atom. The van der Waals surface area contributed by atoms with Crippen molar-refractivity contribution in [2.75, 3.05) is 13.1 Å². The molecule has 0 aliphatic carbocycles. The zero-order valence-corrected chi connectivity index (χ0v) is 17.9. The molecular formula is C23H21F3N2O3S. The molecule has 0 saturated carbocycles. The van der Waals surface area contributed by atoms with Crippen LogP contribution in [0.3, 0.4) is 0 Å². The molecule has 0 unspecified atom stereocenters. The van der Waals surface area contributed by atoms with Crippen molar-refractivity contribution in [1.82, 2.24) is 9.88 Å². The van der Waals surface area contributed by atoms with Gasteiger partial charge in [-0.1, -0.05) is 0 Å². The second-order valence-electron chi connectivity index (χ2n) is 7.59. The Balaban J connectivity index is 1.26. The van der Waals surface area contributed by atoms with E-state index in [1.165, 1.54) is 5.56 Å². The molecule has 1 fully saturated rings. The first-order valence-electron chi connectivity index (χ1n) is 10.2. The quantitative estimate of drug-likeness (QED) is 0.440. The number of thiophene rings is 1. The minimum Gasteiger partial charge on any atom is -0.439 e. The van der Waals surface area contributed by atoms with Crippen LogP contribution in [0.4, 0.5) is 18.0 Å². The van der Waals surface area contributed by atoms with Crippen LogP contribution in [-0.2, 0) is 12.6 Å². The van der Waals surface area contributed by atoms with Gasteiger partial charge in [-0.05, 0) is 77.9 Å². The third kappa shape index (κ3) is 5.79. The fraction of sp³-hybridized carbons (Fsp3) is 0.304. The van der Waals surface area contributed by atoms with Crippen molar-refractivity contribution in [3.8, 4) is 17.4 Å². The second kappa shape index (κ2) is 9.60. The van der Waals surface area contributed by atoms with Crippen molar-refractivity contribution < 1.29 is 27.4 Å². The predicted molar refractivity (Wildman–Crippen MR) is 114 cm³/mol. The van der Waals surface area contributed by atoms with E-state index < -0.39 is 17.8 Å². The van der Waals surface area contributed by atoms with Crippen molar-refractivity contribution in [1.29, 1.82) is 0 Å². The van der Waals surface area contributed by atoms with Crippen molar-refractivity contribution in [2.24, 2.45) is 5.92 Å². The van der Waals surface area contributed by atoms with Gasteiger partial charge in [-0.3, -0.25) is 0 Å². The van der Waals surface area contributed by atoms with E-state index in [2.05, 4.69) is 21.8 Å². The van der Waals surface area contributed by atoms with E-state index in [1.54, 1.807) is 40.5 Å². The summed E-state index contributed by atoms with van der Waals surface area (Å²) >= 11 is 1.70. The van der Waals surface area contributed by atoms with Gasteiger partial charge < -0.3 is 14.4 Å². The van der Waals surface area contributed by atoms with E-state index in [4.69, 9.17) is 9.47 Å². The zero-order valence-electron chi connectivity index (χ0n) is 17.0. The fourth-order valence-electron chi connectivity index (χ4n) is 3.53. The van der Waals surface area contributed by atoms with Gasteiger partial charge >= 0.3 is 12.3 Å². The normalized spacial score (nSPS) is 14.9. The van der Waals surface area contributed by atoms with Crippen LogP contribution in [0.2, 0.25) is 0 Å². The first kappa shape index (κ1) is 22.1. The number of halogens is 3. The molecule has 4 rings (SSSR count). The lowest BCUT2D eigenvalue weighted by Gasteiger charge is -2.31. The number of piperidine rings is 1. The molecule has 1 aliphatic heterocycles. The van der Waals surface area contributed by atoms with Crippen LogP contribution >= 0.6 is 11.3 Å². The van der Waals surface area contributed by atoms with Gasteiger partial charge in [-0.15, -0.1) is 0 Å². The van der Waals surface area contributed by atoms with Gasteiger partial charge in [0.05, 0.1) is 5.56 Å². The van der Waals surface area contributed by atoms with Gasteiger partial charge in [0.25, 0.3) is 0 Å². The molecule has 1 saturated heterocycles. The molecule has 0 N–H and O–H groups in total. The summed E-state index contributed by atoms with van der Waals surface area (Å²) in [6, 6.07) is 10.5. The van der Waals surface area contributed by atoms with Crippen molar-refractivity contribution in [3.63, 3.8) is 0 Å². The van der Waals surface area contributed by atoms with Crippen LogP contribution in [0.1, 0.15) is 24.0 Å². The van der Waals surface area contributed by atoms with Crippen LogP contribution in [0.25, 0.3) is 0 Å². The summed E-state index contributed by atoms with van der Waals surface area (Å²) in [7, 11) is 0. The molecule has 9 heteroatoms. The smallest absolute Gasteiger partial charge is 0.417 e. The molecule has 32 heavy (non-hydrogen) atoms. The maximum atomic E-state index is 12.6. The summed E-state index contributed by atoms with van der Waals surface area (Å²) in [5.41, 5.74) is 0.507. The van der Waals surface area contributed by atoms with Gasteiger partial charge in [-0.2, -0.15) is 24.5 Å². The van der Waals surface area contributed by atoms with Gasteiger partial charge in [0.1, 0.15) is 11.5 Å². The Labute approximate surface area is 187 Å². The molecule has 2 aromatic heterocycles. The number of hydrogen-bond acceptors (Lipinski definition) is 5. The Bertz CT molecular complexity index is 1010. The number of benzene rings is 1. The summed E-state index contributed by atoms with van der Waals surface area (Å²) in [4.78, 5) is 17.8. The maximum absolute atomic E-state index is 12.6. The predicted octanol–water partition coefficient (Wildman–Crippen LogP) is 6.41. The highest BCUT2D eigenvalue weighted by Gasteiger charge is 2.30. The second-order valence-corrected chi connectivity index (χ2v) is 8.37. The molecule has 5 nitrogen and oxygen atoms in total. The van der Waals surface area contributed by atoms with Gasteiger partial charge in [0.15, 0.2) is 0 Å². The summed E-state index contributed by atoms with van der Waals surface area (Å²) in [6.07, 6.45) is -1.19. The Hall–Kier alpha value is -3.07. The van der Waals surface area contributed by atoms with E-state index in [9.17, 15) is 18.0 Å². The summed E-state index contributed by atoms with van der Waals surface area (Å²) in [5.74, 6) is 1.34. The molecule has 0 bridgehead atoms. The molecule has 0 radical (unpaired) electrons. The Morgan fingerprint density at radius 1 is 1.06 bits per heavy atom. The molecule has 1 aliphatic rings. The molecule has 168 valence electrons. The first-order chi connectivity index (χ1) is 15.4. The monoisotopic (exact) mass is 462 g/mol. The third-order valence-corrected chi connectivity index (χ3v) is 6.02. The minimum atomic E-state index is -4.45. The molecule has 0 atom stereocenters. The number of pyridine rings is 1. The fourth-order valence-corrected chi connectivity index (χ4v) is 4.21. The van der Waals surface area contributed by atoms with Crippen molar-refractivity contribution >= 4 is 17.4 Å². The number of carbonyl (C=O) groups excluding carboxylic acids is 1. The van der Waals surface area contributed by atoms with Gasteiger partial charge in [-0.25, -0.2) is 9.78 Å². The largest absolute Gasteiger partial charge is 0.439 e. The number of carbonyl (C=O) groups is 1. The van der Waals surface area contributed by atoms with E-state index in [0.29, 0.717) is 30.5 Å². The lowest BCUT2D eigenvalue weighted by atomic mass is 9.91. The van der Waals surface area contributed by atoms with Crippen molar-refractivity contribution in [3.05, 3.63) is 70.5 Å². The maximum Gasteiger partial charge on any atom is 0.417 e. The summed E-state index contributed by atoms with van der Waals surface area (Å²) < 4.78 is 48.7. The number of rotatable bonds is 5. The number of aromatic nitrogens is 1. The Kier molecular flexibility index (Phi) is 6.64. The van der Waals surface area contributed by atoms with Crippen LogP contribution in [0, 0.1) is 5.92 Å². The summed E-state index contributed by atoms with van der Waals surface area (Å²) in [6.45, 7) is 1.32. The van der Waals surface area contributed by atoms with Gasteiger partial charge in [0.2, 0.25) is 5.88 Å². The molecule has 0 spiro atoms. The van der Waals surface area contributed by atoms with Crippen LogP contribution < -0.4 is 9.47 Å². The number of ether oxygens (including phenoxy) is 2. The van der Waals surface area contributed by atoms with Crippen LogP contribution in [0.15, 0.2) is 59.4 Å². The van der Waals surface area contributed by atoms with E-state index >= 15 is 0 Å². The third-order valence-electron chi connectivity index (χ3n) is 5.29. The molecule has 1 aromatic carbocycles. The number of hydrogen-bond donors (Lipinski definition) is 0. The minimum absolute atomic E-state index is 0.0352. The van der Waals surface area contributed by atoms with E-state index in [-0.39, 0.29) is 5.88 Å². The zero-order chi connectivity index (χ0) is 22.6. The average molecular weight is 462 g/mol. The highest BCUT2D eigenvalue weighted by molar-refractivity contribution is 7.07. The lowest BCUT2D eigenvalue weighted by Crippen LogP contribution is -2.40. The lowest BCUT2D eigenvalue weighted by molar-refractivity contribution is -0.137. The van der Waals surface area contributed by atoms with Crippen LogP contribution in [-0.4, -0.2) is 29.1 Å². The molecule has 1 amide bonds. The first-order valence-corrected chi connectivity index (χ1v) is 11.1. The molecular weight excluding hydrogens is 441 g/mol. The average Bonchev–Trinajstić information content (AvgIpc) is 3.28. The van der Waals surface area contributed by atoms with Crippen LogP contribution in [0.5, 0.6) is 17.4 Å². The Morgan fingerprint density at radius 2 is 1.78 bits per heavy atom. The van der Waals surface area contributed by atoms with Crippen molar-refractivity contribution in [2.45, 2.75) is 25.4 Å². The standard InChI is InChI=1S/C23H21F3N2O3S/c24-23(25,26)18-1-6-21(27-14-18)30-19-2-4-20(5-3-19)31-22(29)28-10-7-16(8-11-28)13-17-9-12-32-15-17/h1-6,9,12,14-16H,7-8,10-11,13H2. The van der Waals surface area contributed by atoms with E-state index in [1.807, 2.05) is 0 Å². The highest BCUT2D eigenvalue weighted by atomic mass is 32.1. The highest BCUT2D eigenvalue weighted by Crippen LogP contribution is 2.30. The topological polar surface area (TPSA) is 51.7 Å². The van der Waals surface area contributed by atoms with E-state index in [0.717, 1.165) is 37.6 Å². The SMILES string of the molecule is O=C(Oc1ccc(Oc2ccc(C(F)(F)F)cn2)cc1)N1CCC(Cc2ccsc2)CC1.